The summed E-state index contributed by atoms with van der Waals surface area (Å²) in [5.74, 6) is -0.484. The molecule has 0 aliphatic carbocycles. The van der Waals surface area contributed by atoms with Crippen LogP contribution in [0.25, 0.3) is 11.1 Å². The summed E-state index contributed by atoms with van der Waals surface area (Å²) in [6, 6.07) is 25.3. The zero-order valence-electron chi connectivity index (χ0n) is 19.6. The van der Waals surface area contributed by atoms with Crippen LogP contribution in [0.4, 0.5) is 13.2 Å². The van der Waals surface area contributed by atoms with Gasteiger partial charge in [-0.2, -0.15) is 21.6 Å². The van der Waals surface area contributed by atoms with E-state index >= 15 is 0 Å². The fourth-order valence-electron chi connectivity index (χ4n) is 3.96. The molecule has 0 saturated heterocycles. The molecule has 4 rings (SSSR count). The minimum Gasteiger partial charge on any atom is -0.375 e. The van der Waals surface area contributed by atoms with Gasteiger partial charge in [0.05, 0.1) is 0 Å². The first-order chi connectivity index (χ1) is 17.4. The van der Waals surface area contributed by atoms with Crippen LogP contribution >= 0.6 is 31.1 Å². The molecule has 0 atom stereocenters. The van der Waals surface area contributed by atoms with E-state index in [1.807, 2.05) is 66.7 Å². The van der Waals surface area contributed by atoms with Crippen molar-refractivity contribution in [3.63, 3.8) is 0 Å². The van der Waals surface area contributed by atoms with Gasteiger partial charge in [-0.25, -0.2) is 0 Å². The largest absolute Gasteiger partial charge is 0.534 e. The molecular weight excluding hydrogens is 563 g/mol. The van der Waals surface area contributed by atoms with Gasteiger partial charge < -0.3 is 4.18 Å². The number of hydrogen-bond donors (Lipinski definition) is 0. The maximum Gasteiger partial charge on any atom is 0.534 e. The molecule has 0 bridgehead atoms. The standard InChI is InChI=1S/C27H20Cl2F3O3PS/c1-17-21(28)13-15-23(35-37(33,34)27(30,31)32)25(17)26-18(2)22(29)14-16-24(26)36(19-9-5-3-6-10-19)20-11-7-4-8-12-20/h3-16H,1-2H3. The molecule has 0 aliphatic heterocycles. The van der Waals surface area contributed by atoms with Crippen molar-refractivity contribution in [2.24, 2.45) is 0 Å². The molecule has 192 valence electrons. The molecule has 37 heavy (non-hydrogen) atoms. The molecule has 0 heterocycles. The Kier molecular flexibility index (Phi) is 7.91. The Hall–Kier alpha value is -2.57. The smallest absolute Gasteiger partial charge is 0.375 e. The number of rotatable bonds is 6. The van der Waals surface area contributed by atoms with Crippen LogP contribution in [0.1, 0.15) is 11.1 Å². The average Bonchev–Trinajstić information content (AvgIpc) is 2.85. The molecule has 0 amide bonds. The molecule has 0 spiro atoms. The fourth-order valence-corrected chi connectivity index (χ4v) is 7.27. The monoisotopic (exact) mass is 582 g/mol. The van der Waals surface area contributed by atoms with Crippen molar-refractivity contribution < 1.29 is 25.8 Å². The lowest BCUT2D eigenvalue weighted by molar-refractivity contribution is -0.0499. The van der Waals surface area contributed by atoms with Crippen LogP contribution in [0.15, 0.2) is 84.9 Å². The average molecular weight is 583 g/mol. The van der Waals surface area contributed by atoms with Gasteiger partial charge in [-0.1, -0.05) is 89.9 Å². The normalized spacial score (nSPS) is 12.1. The van der Waals surface area contributed by atoms with Gasteiger partial charge in [0.2, 0.25) is 0 Å². The molecule has 4 aromatic rings. The van der Waals surface area contributed by atoms with Crippen molar-refractivity contribution in [1.82, 2.24) is 0 Å². The van der Waals surface area contributed by atoms with Gasteiger partial charge in [0.1, 0.15) is 0 Å². The van der Waals surface area contributed by atoms with Crippen LogP contribution in [-0.4, -0.2) is 13.9 Å². The Morgan fingerprint density at radius 1 is 0.703 bits per heavy atom. The predicted molar refractivity (Wildman–Crippen MR) is 146 cm³/mol. The highest BCUT2D eigenvalue weighted by Gasteiger charge is 2.49. The summed E-state index contributed by atoms with van der Waals surface area (Å²) in [6.45, 7) is 3.33. The summed E-state index contributed by atoms with van der Waals surface area (Å²) in [4.78, 5) is 0. The lowest BCUT2D eigenvalue weighted by Crippen LogP contribution is -2.28. The maximum atomic E-state index is 13.3. The Labute approximate surface area is 224 Å². The fraction of sp³-hybridized carbons (Fsp3) is 0.111. The molecule has 4 aromatic carbocycles. The highest BCUT2D eigenvalue weighted by Crippen LogP contribution is 2.46. The summed E-state index contributed by atoms with van der Waals surface area (Å²) >= 11 is 12.9. The van der Waals surface area contributed by atoms with Crippen molar-refractivity contribution in [1.29, 1.82) is 0 Å². The molecule has 0 unspecified atom stereocenters. The lowest BCUT2D eigenvalue weighted by atomic mass is 9.95. The summed E-state index contributed by atoms with van der Waals surface area (Å²) in [6.07, 6.45) is 0. The maximum absolute atomic E-state index is 13.3. The van der Waals surface area contributed by atoms with Crippen molar-refractivity contribution in [2.75, 3.05) is 0 Å². The predicted octanol–water partition coefficient (Wildman–Crippen LogP) is 7.26. The second kappa shape index (κ2) is 10.7. The number of alkyl halides is 3. The van der Waals surface area contributed by atoms with Crippen molar-refractivity contribution in [3.05, 3.63) is 106 Å². The van der Waals surface area contributed by atoms with Crippen molar-refractivity contribution in [3.8, 4) is 16.9 Å². The molecule has 0 saturated carbocycles. The van der Waals surface area contributed by atoms with Crippen molar-refractivity contribution in [2.45, 2.75) is 19.4 Å². The summed E-state index contributed by atoms with van der Waals surface area (Å²) in [7, 11) is -7.18. The quantitative estimate of drug-likeness (QED) is 0.136. The third-order valence-corrected chi connectivity index (χ3v) is 10.0. The van der Waals surface area contributed by atoms with Gasteiger partial charge in [0.15, 0.2) is 5.75 Å². The van der Waals surface area contributed by atoms with Crippen LogP contribution < -0.4 is 20.1 Å². The van der Waals surface area contributed by atoms with Crippen LogP contribution in [0.3, 0.4) is 0 Å². The van der Waals surface area contributed by atoms with Crippen molar-refractivity contribution >= 4 is 57.2 Å². The number of benzene rings is 4. The van der Waals surface area contributed by atoms with Gasteiger partial charge in [-0.05, 0) is 72.6 Å². The molecule has 3 nitrogen and oxygen atoms in total. The molecular formula is C27H20Cl2F3O3PS. The minimum absolute atomic E-state index is 0.134. The third kappa shape index (κ3) is 5.51. The molecule has 0 aliphatic rings. The summed E-state index contributed by atoms with van der Waals surface area (Å²) < 4.78 is 68.5. The van der Waals surface area contributed by atoms with E-state index in [1.54, 1.807) is 19.9 Å². The first kappa shape index (κ1) is 27.5. The second-order valence-electron chi connectivity index (χ2n) is 8.10. The van der Waals surface area contributed by atoms with E-state index in [0.29, 0.717) is 21.7 Å². The van der Waals surface area contributed by atoms with E-state index in [2.05, 4.69) is 4.18 Å². The van der Waals surface area contributed by atoms with E-state index in [9.17, 15) is 21.6 Å². The summed E-state index contributed by atoms with van der Waals surface area (Å²) in [5, 5.41) is 3.32. The van der Waals surface area contributed by atoms with Gasteiger partial charge in [-0.3, -0.25) is 0 Å². The van der Waals surface area contributed by atoms with Crippen LogP contribution in [0.2, 0.25) is 10.0 Å². The van der Waals surface area contributed by atoms with Gasteiger partial charge in [0.25, 0.3) is 0 Å². The lowest BCUT2D eigenvalue weighted by Gasteiger charge is -2.26. The van der Waals surface area contributed by atoms with Crippen LogP contribution in [-0.2, 0) is 10.1 Å². The van der Waals surface area contributed by atoms with Gasteiger partial charge >= 0.3 is 15.6 Å². The van der Waals surface area contributed by atoms with E-state index in [-0.39, 0.29) is 10.6 Å². The zero-order valence-corrected chi connectivity index (χ0v) is 22.8. The third-order valence-electron chi connectivity index (χ3n) is 5.74. The van der Waals surface area contributed by atoms with E-state index < -0.39 is 29.3 Å². The first-order valence-electron chi connectivity index (χ1n) is 10.9. The Morgan fingerprint density at radius 2 is 1.16 bits per heavy atom. The molecule has 0 aromatic heterocycles. The molecule has 0 N–H and O–H groups in total. The van der Waals surface area contributed by atoms with Crippen LogP contribution in [0, 0.1) is 13.8 Å². The highest BCUT2D eigenvalue weighted by atomic mass is 35.5. The Bertz CT molecular complexity index is 1510. The van der Waals surface area contributed by atoms with E-state index in [0.717, 1.165) is 22.0 Å². The number of halogens is 5. The first-order valence-corrected chi connectivity index (χ1v) is 14.4. The summed E-state index contributed by atoms with van der Waals surface area (Å²) in [5.41, 5.74) is -4.09. The SMILES string of the molecule is Cc1c(Cl)ccc(OS(=O)(=O)C(F)(F)F)c1-c1c(P(c2ccccc2)c2ccccc2)ccc(Cl)c1C. The minimum atomic E-state index is -5.94. The van der Waals surface area contributed by atoms with Gasteiger partial charge in [-0.15, -0.1) is 0 Å². The topological polar surface area (TPSA) is 43.4 Å². The highest BCUT2D eigenvalue weighted by molar-refractivity contribution is 7.88. The molecule has 10 heteroatoms. The Balaban J connectivity index is 2.08. The van der Waals surface area contributed by atoms with Gasteiger partial charge in [0, 0.05) is 15.6 Å². The zero-order chi connectivity index (χ0) is 27.0. The Morgan fingerprint density at radius 3 is 1.65 bits per heavy atom. The molecule has 0 radical (unpaired) electrons. The molecule has 0 fully saturated rings. The van der Waals surface area contributed by atoms with Crippen LogP contribution in [0.5, 0.6) is 5.75 Å². The second-order valence-corrected chi connectivity index (χ2v) is 12.6. The number of hydrogen-bond acceptors (Lipinski definition) is 3. The van der Waals surface area contributed by atoms with E-state index in [1.165, 1.54) is 6.07 Å². The van der Waals surface area contributed by atoms with E-state index in [4.69, 9.17) is 23.2 Å².